The number of hydrogen-bond donors (Lipinski definition) is 2. The Labute approximate surface area is 150 Å². The highest BCUT2D eigenvalue weighted by molar-refractivity contribution is 7.99. The molecule has 1 fully saturated rings. The molecule has 1 amide bonds. The van der Waals surface area contributed by atoms with Crippen LogP contribution < -0.4 is 10.2 Å². The summed E-state index contributed by atoms with van der Waals surface area (Å²) in [6.45, 7) is 2.74. The van der Waals surface area contributed by atoms with Crippen LogP contribution in [0.3, 0.4) is 0 Å². The van der Waals surface area contributed by atoms with Gasteiger partial charge in [0.05, 0.1) is 17.4 Å². The lowest BCUT2D eigenvalue weighted by molar-refractivity contribution is 0.0951. The van der Waals surface area contributed by atoms with Crippen molar-refractivity contribution in [2.45, 2.75) is 6.54 Å². The number of benzene rings is 2. The SMILES string of the molecule is O=C(NCc1ccc(N2CCSCC2)cc1)c1ccc2nc[nH]c2c1. The summed E-state index contributed by atoms with van der Waals surface area (Å²) in [6, 6.07) is 14.0. The normalized spacial score (nSPS) is 14.6. The highest BCUT2D eigenvalue weighted by atomic mass is 32.2. The third-order valence-electron chi connectivity index (χ3n) is 4.45. The molecule has 6 heteroatoms. The van der Waals surface area contributed by atoms with Gasteiger partial charge < -0.3 is 15.2 Å². The molecule has 0 aliphatic carbocycles. The highest BCUT2D eigenvalue weighted by Gasteiger charge is 2.11. The first-order chi connectivity index (χ1) is 12.3. The first kappa shape index (κ1) is 16.0. The van der Waals surface area contributed by atoms with Gasteiger partial charge in [0.25, 0.3) is 5.91 Å². The first-order valence-electron chi connectivity index (χ1n) is 8.42. The minimum atomic E-state index is -0.0753. The molecule has 4 rings (SSSR count). The lowest BCUT2D eigenvalue weighted by atomic mass is 10.1. The van der Waals surface area contributed by atoms with Crippen LogP contribution in [0.1, 0.15) is 15.9 Å². The second-order valence-corrected chi connectivity index (χ2v) is 7.31. The third kappa shape index (κ3) is 3.64. The van der Waals surface area contributed by atoms with Crippen molar-refractivity contribution in [1.82, 2.24) is 15.3 Å². The van der Waals surface area contributed by atoms with E-state index < -0.39 is 0 Å². The van der Waals surface area contributed by atoms with E-state index in [4.69, 9.17) is 0 Å². The van der Waals surface area contributed by atoms with Gasteiger partial charge in [-0.3, -0.25) is 4.79 Å². The predicted molar refractivity (Wildman–Crippen MR) is 103 cm³/mol. The maximum atomic E-state index is 12.3. The molecule has 128 valence electrons. The van der Waals surface area contributed by atoms with Gasteiger partial charge in [0.2, 0.25) is 0 Å². The molecule has 0 saturated carbocycles. The summed E-state index contributed by atoms with van der Waals surface area (Å²) < 4.78 is 0. The molecule has 25 heavy (non-hydrogen) atoms. The minimum Gasteiger partial charge on any atom is -0.370 e. The van der Waals surface area contributed by atoms with Crippen LogP contribution >= 0.6 is 11.8 Å². The van der Waals surface area contributed by atoms with Crippen molar-refractivity contribution in [1.29, 1.82) is 0 Å². The Bertz CT molecular complexity index is 869. The number of nitrogens with one attached hydrogen (secondary N) is 2. The van der Waals surface area contributed by atoms with Gasteiger partial charge in [-0.25, -0.2) is 4.98 Å². The van der Waals surface area contributed by atoms with E-state index >= 15 is 0 Å². The number of thioether (sulfide) groups is 1. The summed E-state index contributed by atoms with van der Waals surface area (Å²) in [5.41, 5.74) is 4.74. The van der Waals surface area contributed by atoms with Crippen LogP contribution in [-0.2, 0) is 6.54 Å². The zero-order valence-electron chi connectivity index (χ0n) is 13.9. The quantitative estimate of drug-likeness (QED) is 0.758. The fraction of sp³-hybridized carbons (Fsp3) is 0.263. The number of nitrogens with zero attached hydrogens (tertiary/aromatic N) is 2. The monoisotopic (exact) mass is 352 g/mol. The van der Waals surface area contributed by atoms with Crippen LogP contribution in [0, 0.1) is 0 Å². The number of carbonyl (C=O) groups excluding carboxylic acids is 1. The van der Waals surface area contributed by atoms with E-state index in [1.54, 1.807) is 12.4 Å². The number of H-pyrrole nitrogens is 1. The number of aromatic amines is 1. The minimum absolute atomic E-state index is 0.0753. The number of rotatable bonds is 4. The van der Waals surface area contributed by atoms with Crippen LogP contribution in [0.2, 0.25) is 0 Å². The zero-order valence-corrected chi connectivity index (χ0v) is 14.7. The van der Waals surface area contributed by atoms with Crippen LogP contribution in [0.15, 0.2) is 48.8 Å². The summed E-state index contributed by atoms with van der Waals surface area (Å²) >= 11 is 2.01. The Morgan fingerprint density at radius 2 is 1.96 bits per heavy atom. The summed E-state index contributed by atoms with van der Waals surface area (Å²) in [6.07, 6.45) is 1.63. The number of imidazole rings is 1. The van der Waals surface area contributed by atoms with E-state index in [-0.39, 0.29) is 5.91 Å². The fourth-order valence-electron chi connectivity index (χ4n) is 3.01. The van der Waals surface area contributed by atoms with Crippen molar-refractivity contribution in [2.24, 2.45) is 0 Å². The fourth-order valence-corrected chi connectivity index (χ4v) is 3.91. The third-order valence-corrected chi connectivity index (χ3v) is 5.39. The van der Waals surface area contributed by atoms with Gasteiger partial charge in [-0.15, -0.1) is 0 Å². The van der Waals surface area contributed by atoms with Gasteiger partial charge in [-0.1, -0.05) is 12.1 Å². The second-order valence-electron chi connectivity index (χ2n) is 6.08. The number of aromatic nitrogens is 2. The maximum Gasteiger partial charge on any atom is 0.251 e. The molecule has 2 aromatic carbocycles. The van der Waals surface area contributed by atoms with Gasteiger partial charge in [-0.05, 0) is 35.9 Å². The molecular weight excluding hydrogens is 332 g/mol. The summed E-state index contributed by atoms with van der Waals surface area (Å²) in [5, 5.41) is 2.98. The van der Waals surface area contributed by atoms with Crippen molar-refractivity contribution in [3.8, 4) is 0 Å². The Hall–Kier alpha value is -2.47. The molecule has 1 aromatic heterocycles. The molecule has 1 aliphatic heterocycles. The van der Waals surface area contributed by atoms with E-state index in [2.05, 4.69) is 44.5 Å². The lowest BCUT2D eigenvalue weighted by Crippen LogP contribution is -2.32. The number of hydrogen-bond acceptors (Lipinski definition) is 4. The van der Waals surface area contributed by atoms with Gasteiger partial charge >= 0.3 is 0 Å². The van der Waals surface area contributed by atoms with E-state index in [0.29, 0.717) is 12.1 Å². The number of amides is 1. The van der Waals surface area contributed by atoms with Gasteiger partial charge in [0.15, 0.2) is 0 Å². The number of anilines is 1. The zero-order chi connectivity index (χ0) is 17.1. The summed E-state index contributed by atoms with van der Waals surface area (Å²) in [4.78, 5) is 22.0. The molecule has 2 heterocycles. The average Bonchev–Trinajstić information content (AvgIpc) is 3.15. The van der Waals surface area contributed by atoms with Crippen molar-refractivity contribution >= 4 is 34.4 Å². The Morgan fingerprint density at radius 3 is 2.76 bits per heavy atom. The van der Waals surface area contributed by atoms with Crippen LogP contribution in [0.5, 0.6) is 0 Å². The Kier molecular flexibility index (Phi) is 4.61. The maximum absolute atomic E-state index is 12.3. The van der Waals surface area contributed by atoms with Crippen molar-refractivity contribution < 1.29 is 4.79 Å². The molecule has 1 saturated heterocycles. The molecule has 0 unspecified atom stereocenters. The first-order valence-corrected chi connectivity index (χ1v) is 9.58. The van der Waals surface area contributed by atoms with Crippen molar-refractivity contribution in [3.05, 3.63) is 59.9 Å². The van der Waals surface area contributed by atoms with Gasteiger partial charge in [0, 0.05) is 42.4 Å². The van der Waals surface area contributed by atoms with E-state index in [1.807, 2.05) is 23.9 Å². The summed E-state index contributed by atoms with van der Waals surface area (Å²) in [5.74, 6) is 2.31. The molecule has 1 aliphatic rings. The molecule has 0 bridgehead atoms. The summed E-state index contributed by atoms with van der Waals surface area (Å²) in [7, 11) is 0. The van der Waals surface area contributed by atoms with Crippen LogP contribution in [0.4, 0.5) is 5.69 Å². The van der Waals surface area contributed by atoms with Gasteiger partial charge in [0.1, 0.15) is 0 Å². The topological polar surface area (TPSA) is 61.0 Å². The van der Waals surface area contributed by atoms with E-state index in [0.717, 1.165) is 29.7 Å². The standard InChI is InChI=1S/C19H20N4OS/c24-19(15-3-6-17-18(11-15)22-13-21-17)20-12-14-1-4-16(5-2-14)23-7-9-25-10-8-23/h1-6,11,13H,7-10,12H2,(H,20,24)(H,21,22). The lowest BCUT2D eigenvalue weighted by Gasteiger charge is -2.28. The Balaban J connectivity index is 1.37. The van der Waals surface area contributed by atoms with E-state index in [1.165, 1.54) is 17.2 Å². The molecule has 3 aromatic rings. The van der Waals surface area contributed by atoms with E-state index in [9.17, 15) is 4.79 Å². The smallest absolute Gasteiger partial charge is 0.251 e. The highest BCUT2D eigenvalue weighted by Crippen LogP contribution is 2.20. The van der Waals surface area contributed by atoms with Crippen molar-refractivity contribution in [2.75, 3.05) is 29.5 Å². The predicted octanol–water partition coefficient (Wildman–Crippen LogP) is 3.05. The van der Waals surface area contributed by atoms with Crippen LogP contribution in [0.25, 0.3) is 11.0 Å². The molecule has 0 radical (unpaired) electrons. The average molecular weight is 352 g/mol. The molecule has 0 atom stereocenters. The Morgan fingerprint density at radius 1 is 1.16 bits per heavy atom. The number of carbonyl (C=O) groups is 1. The molecule has 5 nitrogen and oxygen atoms in total. The molecular formula is C19H20N4OS. The molecule has 0 spiro atoms. The van der Waals surface area contributed by atoms with Gasteiger partial charge in [-0.2, -0.15) is 11.8 Å². The largest absolute Gasteiger partial charge is 0.370 e. The van der Waals surface area contributed by atoms with Crippen molar-refractivity contribution in [3.63, 3.8) is 0 Å². The molecule has 2 N–H and O–H groups in total. The number of fused-ring (bicyclic) bond motifs is 1. The van der Waals surface area contributed by atoms with Crippen LogP contribution in [-0.4, -0.2) is 40.5 Å². The second kappa shape index (κ2) is 7.19.